The molecule has 0 saturated carbocycles. The van der Waals surface area contributed by atoms with Gasteiger partial charge in [-0.1, -0.05) is 25.4 Å². The Hall–Kier alpha value is -1.68. The topological polar surface area (TPSA) is 50.7 Å². The first-order chi connectivity index (χ1) is 9.65. The molecule has 2 aromatic heterocycles. The van der Waals surface area contributed by atoms with Crippen LogP contribution in [0, 0.1) is 6.92 Å². The van der Waals surface area contributed by atoms with Crippen molar-refractivity contribution >= 4 is 17.4 Å². The van der Waals surface area contributed by atoms with Gasteiger partial charge in [0.25, 0.3) is 0 Å². The van der Waals surface area contributed by atoms with Gasteiger partial charge in [0.2, 0.25) is 0 Å². The Balaban J connectivity index is 2.44. The molecule has 2 rings (SSSR count). The Morgan fingerprint density at radius 2 is 2.00 bits per heavy atom. The number of nitrogens with one attached hydrogen (secondary N) is 1. The highest BCUT2D eigenvalue weighted by molar-refractivity contribution is 6.30. The fraction of sp³-hybridized carbons (Fsp3) is 0.400. The van der Waals surface area contributed by atoms with Crippen LogP contribution in [0.1, 0.15) is 31.5 Å². The molecule has 0 spiro atoms. The first-order valence-electron chi connectivity index (χ1n) is 6.89. The molecule has 0 radical (unpaired) electrons. The quantitative estimate of drug-likeness (QED) is 0.908. The van der Waals surface area contributed by atoms with Crippen LogP contribution in [0.4, 0.5) is 5.82 Å². The Kier molecular flexibility index (Phi) is 4.90. The van der Waals surface area contributed by atoms with Crippen molar-refractivity contribution in [2.24, 2.45) is 0 Å². The molecule has 0 unspecified atom stereocenters. The van der Waals surface area contributed by atoms with Gasteiger partial charge in [-0.25, -0.2) is 9.97 Å². The lowest BCUT2D eigenvalue weighted by molar-refractivity contribution is 0.936. The van der Waals surface area contributed by atoms with Crippen molar-refractivity contribution in [3.05, 3.63) is 34.6 Å². The van der Waals surface area contributed by atoms with Crippen LogP contribution >= 0.6 is 11.6 Å². The molecular formula is C15H19ClN4. The molecule has 106 valence electrons. The predicted molar refractivity (Wildman–Crippen MR) is 83.2 cm³/mol. The molecular weight excluding hydrogens is 272 g/mol. The molecule has 0 bridgehead atoms. The maximum atomic E-state index is 5.86. The van der Waals surface area contributed by atoms with E-state index in [1.165, 1.54) is 0 Å². The highest BCUT2D eigenvalue weighted by Crippen LogP contribution is 2.22. The van der Waals surface area contributed by atoms with Crippen molar-refractivity contribution < 1.29 is 0 Å². The van der Waals surface area contributed by atoms with Gasteiger partial charge in [0.05, 0.1) is 5.02 Å². The monoisotopic (exact) mass is 290 g/mol. The molecule has 20 heavy (non-hydrogen) atoms. The zero-order valence-corrected chi connectivity index (χ0v) is 12.8. The van der Waals surface area contributed by atoms with Gasteiger partial charge in [-0.05, 0) is 31.9 Å². The zero-order chi connectivity index (χ0) is 14.5. The van der Waals surface area contributed by atoms with Gasteiger partial charge in [0.1, 0.15) is 11.5 Å². The van der Waals surface area contributed by atoms with E-state index >= 15 is 0 Å². The van der Waals surface area contributed by atoms with E-state index in [1.54, 1.807) is 12.3 Å². The van der Waals surface area contributed by atoms with Crippen LogP contribution in [0.3, 0.4) is 0 Å². The van der Waals surface area contributed by atoms with Gasteiger partial charge < -0.3 is 5.32 Å². The summed E-state index contributed by atoms with van der Waals surface area (Å²) in [6, 6.07) is 3.64. The van der Waals surface area contributed by atoms with Crippen LogP contribution in [0.5, 0.6) is 0 Å². The summed E-state index contributed by atoms with van der Waals surface area (Å²) >= 11 is 5.86. The number of hydrogen-bond donors (Lipinski definition) is 1. The lowest BCUT2D eigenvalue weighted by Crippen LogP contribution is -2.09. The summed E-state index contributed by atoms with van der Waals surface area (Å²) in [5, 5.41) is 3.98. The maximum Gasteiger partial charge on any atom is 0.180 e. The predicted octanol–water partition coefficient (Wildman–Crippen LogP) is 3.88. The second kappa shape index (κ2) is 6.66. The van der Waals surface area contributed by atoms with Crippen LogP contribution in [-0.4, -0.2) is 21.5 Å². The molecule has 0 atom stereocenters. The molecule has 5 heteroatoms. The van der Waals surface area contributed by atoms with Gasteiger partial charge in [-0.15, -0.1) is 0 Å². The molecule has 0 fully saturated rings. The molecule has 0 saturated heterocycles. The van der Waals surface area contributed by atoms with Crippen molar-refractivity contribution in [3.8, 4) is 11.5 Å². The van der Waals surface area contributed by atoms with Gasteiger partial charge in [0, 0.05) is 24.0 Å². The van der Waals surface area contributed by atoms with Crippen molar-refractivity contribution in [2.75, 3.05) is 11.9 Å². The standard InChI is InChI=1S/C15H19ClN4/c1-4-8-17-14-12(5-2)10(3)19-15(20-14)13-7-6-11(16)9-18-13/h6-7,9H,4-5,8H2,1-3H3,(H,17,19,20). The van der Waals surface area contributed by atoms with E-state index in [0.717, 1.165) is 42.2 Å². The number of pyridine rings is 1. The Morgan fingerprint density at radius 3 is 2.60 bits per heavy atom. The smallest absolute Gasteiger partial charge is 0.180 e. The van der Waals surface area contributed by atoms with E-state index in [9.17, 15) is 0 Å². The molecule has 1 N–H and O–H groups in total. The molecule has 0 amide bonds. The Bertz CT molecular complexity index is 581. The first kappa shape index (κ1) is 14.7. The largest absolute Gasteiger partial charge is 0.370 e. The summed E-state index contributed by atoms with van der Waals surface area (Å²) < 4.78 is 0. The van der Waals surface area contributed by atoms with Gasteiger partial charge >= 0.3 is 0 Å². The third-order valence-electron chi connectivity index (χ3n) is 3.07. The lowest BCUT2D eigenvalue weighted by Gasteiger charge is -2.13. The Morgan fingerprint density at radius 1 is 1.20 bits per heavy atom. The fourth-order valence-corrected chi connectivity index (χ4v) is 2.14. The number of rotatable bonds is 5. The number of anilines is 1. The van der Waals surface area contributed by atoms with Crippen LogP contribution in [-0.2, 0) is 6.42 Å². The van der Waals surface area contributed by atoms with Crippen molar-refractivity contribution in [1.29, 1.82) is 0 Å². The fourth-order valence-electron chi connectivity index (χ4n) is 2.03. The molecule has 0 aliphatic heterocycles. The lowest BCUT2D eigenvalue weighted by atomic mass is 10.1. The second-order valence-corrected chi connectivity index (χ2v) is 5.04. The van der Waals surface area contributed by atoms with Gasteiger partial charge in [-0.3, -0.25) is 4.98 Å². The first-order valence-corrected chi connectivity index (χ1v) is 7.26. The summed E-state index contributed by atoms with van der Waals surface area (Å²) in [6.45, 7) is 7.16. The number of nitrogens with zero attached hydrogens (tertiary/aromatic N) is 3. The van der Waals surface area contributed by atoms with E-state index in [0.29, 0.717) is 10.8 Å². The molecule has 4 nitrogen and oxygen atoms in total. The highest BCUT2D eigenvalue weighted by atomic mass is 35.5. The summed E-state index contributed by atoms with van der Waals surface area (Å²) in [6.07, 6.45) is 3.58. The number of aromatic nitrogens is 3. The van der Waals surface area contributed by atoms with E-state index in [2.05, 4.69) is 34.1 Å². The maximum absolute atomic E-state index is 5.86. The normalized spacial score (nSPS) is 10.6. The number of hydrogen-bond acceptors (Lipinski definition) is 4. The minimum Gasteiger partial charge on any atom is -0.370 e. The summed E-state index contributed by atoms with van der Waals surface area (Å²) in [5.41, 5.74) is 2.89. The second-order valence-electron chi connectivity index (χ2n) is 4.60. The highest BCUT2D eigenvalue weighted by Gasteiger charge is 2.12. The SMILES string of the molecule is CCCNc1nc(-c2ccc(Cl)cn2)nc(C)c1CC. The zero-order valence-electron chi connectivity index (χ0n) is 12.1. The van der Waals surface area contributed by atoms with E-state index in [-0.39, 0.29) is 0 Å². The van der Waals surface area contributed by atoms with Crippen LogP contribution in [0.25, 0.3) is 11.5 Å². The van der Waals surface area contributed by atoms with Crippen molar-refractivity contribution in [2.45, 2.75) is 33.6 Å². The number of aryl methyl sites for hydroxylation is 1. The van der Waals surface area contributed by atoms with E-state index < -0.39 is 0 Å². The van der Waals surface area contributed by atoms with Crippen LogP contribution in [0.15, 0.2) is 18.3 Å². The van der Waals surface area contributed by atoms with Crippen LogP contribution in [0.2, 0.25) is 5.02 Å². The van der Waals surface area contributed by atoms with Crippen molar-refractivity contribution in [1.82, 2.24) is 15.0 Å². The number of halogens is 1. The average molecular weight is 291 g/mol. The average Bonchev–Trinajstić information content (AvgIpc) is 2.45. The van der Waals surface area contributed by atoms with Crippen LogP contribution < -0.4 is 5.32 Å². The van der Waals surface area contributed by atoms with E-state index in [1.807, 2.05) is 13.0 Å². The van der Waals surface area contributed by atoms with E-state index in [4.69, 9.17) is 11.6 Å². The summed E-state index contributed by atoms with van der Waals surface area (Å²) in [5.74, 6) is 1.54. The molecule has 2 aromatic rings. The molecule has 0 aliphatic carbocycles. The molecule has 0 aliphatic rings. The van der Waals surface area contributed by atoms with Crippen molar-refractivity contribution in [3.63, 3.8) is 0 Å². The third kappa shape index (κ3) is 3.25. The minimum atomic E-state index is 0.611. The molecule has 0 aromatic carbocycles. The molecule has 2 heterocycles. The van der Waals surface area contributed by atoms with Gasteiger partial charge in [-0.2, -0.15) is 0 Å². The van der Waals surface area contributed by atoms with Gasteiger partial charge in [0.15, 0.2) is 5.82 Å². The minimum absolute atomic E-state index is 0.611. The summed E-state index contributed by atoms with van der Waals surface area (Å²) in [4.78, 5) is 13.5. The third-order valence-corrected chi connectivity index (χ3v) is 3.29. The Labute approximate surface area is 124 Å². The summed E-state index contributed by atoms with van der Waals surface area (Å²) in [7, 11) is 0.